The number of aromatic nitrogens is 2. The largest absolute Gasteiger partial charge is 0.456 e. The third-order valence-corrected chi connectivity index (χ3v) is 6.98. The maximum absolute atomic E-state index is 6.64. The van der Waals surface area contributed by atoms with Crippen molar-refractivity contribution in [3.63, 3.8) is 0 Å². The summed E-state index contributed by atoms with van der Waals surface area (Å²) in [6.07, 6.45) is 2.18. The summed E-state index contributed by atoms with van der Waals surface area (Å²) in [6.45, 7) is 2.21. The molecule has 0 aliphatic carbocycles. The predicted molar refractivity (Wildman–Crippen MR) is 129 cm³/mol. The molecule has 7 aromatic rings. The Hall–Kier alpha value is -3.85. The van der Waals surface area contributed by atoms with Crippen LogP contribution in [0, 0.1) is 6.92 Å². The molecule has 0 aliphatic heterocycles. The zero-order chi connectivity index (χ0) is 20.9. The summed E-state index contributed by atoms with van der Waals surface area (Å²) < 4.78 is 11.2. The highest BCUT2D eigenvalue weighted by Crippen LogP contribution is 2.41. The highest BCUT2D eigenvalue weighted by atomic mass is 16.3. The van der Waals surface area contributed by atoms with Gasteiger partial charge >= 0.3 is 0 Å². The normalized spacial score (nSPS) is 12.4. The van der Waals surface area contributed by atoms with Crippen molar-refractivity contribution >= 4 is 65.4 Å². The Kier molecular flexibility index (Phi) is 3.07. The van der Waals surface area contributed by atoms with E-state index in [9.17, 15) is 0 Å². The van der Waals surface area contributed by atoms with Crippen molar-refractivity contribution in [2.75, 3.05) is 0 Å². The van der Waals surface area contributed by atoms with E-state index in [0.29, 0.717) is 0 Å². The molecule has 31 heavy (non-hydrogen) atoms. The van der Waals surface area contributed by atoms with Gasteiger partial charge in [0.15, 0.2) is 0 Å². The minimum absolute atomic E-state index is 0.936. The van der Waals surface area contributed by atoms with E-state index in [4.69, 9.17) is 4.42 Å². The summed E-state index contributed by atoms with van der Waals surface area (Å²) in [7, 11) is 4.30. The number of fused-ring (bicyclic) bond motifs is 7. The first-order chi connectivity index (χ1) is 15.1. The number of aryl methyl sites for hydroxylation is 3. The van der Waals surface area contributed by atoms with Gasteiger partial charge in [-0.05, 0) is 47.5 Å². The van der Waals surface area contributed by atoms with E-state index in [2.05, 4.69) is 103 Å². The lowest BCUT2D eigenvalue weighted by atomic mass is 9.97. The average Bonchev–Trinajstić information content (AvgIpc) is 3.07. The van der Waals surface area contributed by atoms with E-state index < -0.39 is 0 Å². The van der Waals surface area contributed by atoms with Crippen molar-refractivity contribution in [2.24, 2.45) is 14.1 Å². The molecular weight excluding hydrogens is 380 g/mol. The Morgan fingerprint density at radius 3 is 2.39 bits per heavy atom. The second-order valence-corrected chi connectivity index (χ2v) is 8.61. The van der Waals surface area contributed by atoms with E-state index in [1.807, 2.05) is 0 Å². The van der Waals surface area contributed by atoms with Gasteiger partial charge in [0.05, 0.1) is 27.1 Å². The molecule has 0 aliphatic rings. The molecule has 148 valence electrons. The molecule has 4 aromatic carbocycles. The number of para-hydroxylation sites is 1. The third kappa shape index (κ3) is 2.01. The second-order valence-electron chi connectivity index (χ2n) is 8.61. The molecule has 0 spiro atoms. The predicted octanol–water partition coefficient (Wildman–Crippen LogP) is 6.67. The summed E-state index contributed by atoms with van der Waals surface area (Å²) in [6, 6.07) is 23.8. The molecule has 0 saturated heterocycles. The van der Waals surface area contributed by atoms with Gasteiger partial charge in [-0.2, -0.15) is 4.57 Å². The number of hydrogen-bond donors (Lipinski definition) is 0. The molecule has 0 radical (unpaired) electrons. The van der Waals surface area contributed by atoms with E-state index in [1.165, 1.54) is 59.8 Å². The van der Waals surface area contributed by atoms with Crippen molar-refractivity contribution < 1.29 is 8.98 Å². The van der Waals surface area contributed by atoms with Crippen LogP contribution >= 0.6 is 0 Å². The van der Waals surface area contributed by atoms with E-state index in [-0.39, 0.29) is 0 Å². The third-order valence-electron chi connectivity index (χ3n) is 6.98. The Morgan fingerprint density at radius 2 is 1.52 bits per heavy atom. The topological polar surface area (TPSA) is 21.9 Å². The number of rotatable bonds is 0. The van der Waals surface area contributed by atoms with Crippen LogP contribution in [-0.2, 0) is 14.1 Å². The first kappa shape index (κ1) is 16.9. The van der Waals surface area contributed by atoms with Crippen molar-refractivity contribution in [2.45, 2.75) is 6.92 Å². The van der Waals surface area contributed by atoms with Crippen LogP contribution in [0.5, 0.6) is 0 Å². The summed E-state index contributed by atoms with van der Waals surface area (Å²) >= 11 is 0. The minimum atomic E-state index is 0.936. The van der Waals surface area contributed by atoms with Gasteiger partial charge in [0.25, 0.3) is 0 Å². The van der Waals surface area contributed by atoms with Crippen LogP contribution in [0.1, 0.15) is 5.56 Å². The first-order valence-electron chi connectivity index (χ1n) is 10.7. The first-order valence-corrected chi connectivity index (χ1v) is 10.7. The Labute approximate surface area is 178 Å². The van der Waals surface area contributed by atoms with Gasteiger partial charge < -0.3 is 8.98 Å². The molecule has 0 unspecified atom stereocenters. The van der Waals surface area contributed by atoms with E-state index in [1.54, 1.807) is 0 Å². The van der Waals surface area contributed by atoms with Gasteiger partial charge in [-0.3, -0.25) is 0 Å². The summed E-state index contributed by atoms with van der Waals surface area (Å²) in [5, 5.41) is 8.60. The quantitative estimate of drug-likeness (QED) is 0.158. The van der Waals surface area contributed by atoms with Crippen molar-refractivity contribution in [3.05, 3.63) is 78.5 Å². The van der Waals surface area contributed by atoms with Crippen LogP contribution in [0.3, 0.4) is 0 Å². The van der Waals surface area contributed by atoms with E-state index in [0.717, 1.165) is 11.2 Å². The zero-order valence-electron chi connectivity index (χ0n) is 17.7. The second kappa shape index (κ2) is 5.64. The van der Waals surface area contributed by atoms with Crippen molar-refractivity contribution in [1.82, 2.24) is 4.57 Å². The van der Waals surface area contributed by atoms with Gasteiger partial charge in [-0.25, -0.2) is 0 Å². The fourth-order valence-corrected chi connectivity index (χ4v) is 5.56. The van der Waals surface area contributed by atoms with Gasteiger partial charge in [-0.1, -0.05) is 36.4 Å². The zero-order valence-corrected chi connectivity index (χ0v) is 17.7. The monoisotopic (exact) mass is 401 g/mol. The SMILES string of the molecule is Cc1c2ccccc2cc2oc3cc4c5ccccc5[n+](C)c4c4ccn(C)c(c12)c34. The van der Waals surface area contributed by atoms with Crippen LogP contribution in [0.15, 0.2) is 77.3 Å². The highest BCUT2D eigenvalue weighted by molar-refractivity contribution is 6.26. The molecule has 0 bridgehead atoms. The molecule has 3 heteroatoms. The fraction of sp³-hybridized carbons (Fsp3) is 0.107. The number of hydrogen-bond acceptors (Lipinski definition) is 1. The molecule has 7 rings (SSSR count). The fourth-order valence-electron chi connectivity index (χ4n) is 5.56. The lowest BCUT2D eigenvalue weighted by Crippen LogP contribution is -2.26. The molecule has 0 N–H and O–H groups in total. The summed E-state index contributed by atoms with van der Waals surface area (Å²) in [5.41, 5.74) is 6.86. The molecule has 0 saturated carbocycles. The summed E-state index contributed by atoms with van der Waals surface area (Å²) in [5.74, 6) is 0. The van der Waals surface area contributed by atoms with Gasteiger partial charge in [0, 0.05) is 24.7 Å². The number of nitrogens with zero attached hydrogens (tertiary/aromatic N) is 2. The Morgan fingerprint density at radius 1 is 0.774 bits per heavy atom. The summed E-state index contributed by atoms with van der Waals surface area (Å²) in [4.78, 5) is 0. The molecule has 3 nitrogen and oxygen atoms in total. The Bertz CT molecular complexity index is 1870. The van der Waals surface area contributed by atoms with Crippen LogP contribution in [0.4, 0.5) is 0 Å². The highest BCUT2D eigenvalue weighted by Gasteiger charge is 2.24. The van der Waals surface area contributed by atoms with Crippen LogP contribution in [-0.4, -0.2) is 4.57 Å². The number of pyridine rings is 1. The van der Waals surface area contributed by atoms with Crippen LogP contribution in [0.25, 0.3) is 65.4 Å². The molecular formula is C28H21N2O+. The molecule has 3 heterocycles. The lowest BCUT2D eigenvalue weighted by Gasteiger charge is -2.15. The Balaban J connectivity index is 1.84. The van der Waals surface area contributed by atoms with E-state index >= 15 is 0 Å². The molecule has 3 aromatic heterocycles. The standard InChI is InChI=1S/C28H21N2O/c1-16-18-9-5-4-8-17(18)14-23-25(16)28-26-20(12-13-29(28)2)27-21(15-24(26)31-23)19-10-6-7-11-22(19)30(27)3/h4-15H,1-3H3/q+1. The van der Waals surface area contributed by atoms with Crippen molar-refractivity contribution in [3.8, 4) is 0 Å². The average molecular weight is 401 g/mol. The lowest BCUT2D eigenvalue weighted by molar-refractivity contribution is -0.615. The maximum Gasteiger partial charge on any atom is 0.221 e. The van der Waals surface area contributed by atoms with Gasteiger partial charge in [0.1, 0.15) is 18.2 Å². The molecule has 0 atom stereocenters. The van der Waals surface area contributed by atoms with Gasteiger partial charge in [-0.15, -0.1) is 0 Å². The molecule has 0 fully saturated rings. The maximum atomic E-state index is 6.64. The smallest absolute Gasteiger partial charge is 0.221 e. The minimum Gasteiger partial charge on any atom is -0.456 e. The molecule has 0 amide bonds. The van der Waals surface area contributed by atoms with Crippen LogP contribution < -0.4 is 4.57 Å². The van der Waals surface area contributed by atoms with Gasteiger partial charge in [0.2, 0.25) is 11.0 Å². The van der Waals surface area contributed by atoms with Crippen molar-refractivity contribution in [1.29, 1.82) is 0 Å². The number of benzene rings is 4. The van der Waals surface area contributed by atoms with Crippen LogP contribution in [0.2, 0.25) is 0 Å².